The van der Waals surface area contributed by atoms with Gasteiger partial charge < -0.3 is 10.2 Å². The Morgan fingerprint density at radius 3 is 2.57 bits per heavy atom. The van der Waals surface area contributed by atoms with Gasteiger partial charge in [0.15, 0.2) is 0 Å². The molecule has 1 fully saturated rings. The third-order valence-electron chi connectivity index (χ3n) is 3.76. The van der Waals surface area contributed by atoms with Crippen LogP contribution in [0.4, 0.5) is 5.82 Å². The molecular weight excluding hydrogens is 264 g/mol. The number of nitrogens with one attached hydrogen (secondary N) is 1. The monoisotopic (exact) mass is 290 g/mol. The smallest absolute Gasteiger partial charge is 0.254 e. The van der Waals surface area contributed by atoms with Crippen LogP contribution < -0.4 is 5.32 Å². The van der Waals surface area contributed by atoms with Crippen LogP contribution in [0, 0.1) is 6.92 Å². The molecule has 1 aromatic heterocycles. The van der Waals surface area contributed by atoms with Gasteiger partial charge in [-0.3, -0.25) is 9.69 Å². The lowest BCUT2D eigenvalue weighted by molar-refractivity contribution is 0.0637. The van der Waals surface area contributed by atoms with Crippen LogP contribution in [0.2, 0.25) is 0 Å². The Bertz CT molecular complexity index is 481. The molecule has 0 bridgehead atoms. The number of hydrogen-bond donors (Lipinski definition) is 1. The molecule has 0 atom stereocenters. The minimum Gasteiger partial charge on any atom is -0.370 e. The normalized spacial score (nSPS) is 16.0. The molecule has 1 amide bonds. The number of aryl methyl sites for hydroxylation is 1. The molecule has 116 valence electrons. The lowest BCUT2D eigenvalue weighted by Gasteiger charge is -2.34. The topological polar surface area (TPSA) is 48.5 Å². The number of anilines is 1. The van der Waals surface area contributed by atoms with Gasteiger partial charge in [0, 0.05) is 44.0 Å². The molecule has 1 aliphatic heterocycles. The summed E-state index contributed by atoms with van der Waals surface area (Å²) < 4.78 is 0. The van der Waals surface area contributed by atoms with Crippen LogP contribution in [0.5, 0.6) is 0 Å². The highest BCUT2D eigenvalue weighted by Crippen LogP contribution is 2.14. The summed E-state index contributed by atoms with van der Waals surface area (Å²) in [7, 11) is 0. The number of pyridine rings is 1. The van der Waals surface area contributed by atoms with Crippen molar-refractivity contribution < 1.29 is 4.79 Å². The highest BCUT2D eigenvalue weighted by Gasteiger charge is 2.22. The van der Waals surface area contributed by atoms with Crippen molar-refractivity contribution in [3.05, 3.63) is 23.4 Å². The van der Waals surface area contributed by atoms with E-state index in [0.29, 0.717) is 0 Å². The molecule has 5 nitrogen and oxygen atoms in total. The van der Waals surface area contributed by atoms with E-state index in [1.165, 1.54) is 6.42 Å². The number of aromatic nitrogens is 1. The van der Waals surface area contributed by atoms with Crippen molar-refractivity contribution >= 4 is 11.7 Å². The lowest BCUT2D eigenvalue weighted by Crippen LogP contribution is -2.48. The fourth-order valence-electron chi connectivity index (χ4n) is 2.74. The number of hydrogen-bond acceptors (Lipinski definition) is 4. The SMILES string of the molecule is CCCN1CCN(C(=O)c2cc(C)nc(NCC)c2)CC1. The van der Waals surface area contributed by atoms with Crippen LogP contribution in [0.15, 0.2) is 12.1 Å². The molecule has 2 rings (SSSR count). The van der Waals surface area contributed by atoms with Gasteiger partial charge >= 0.3 is 0 Å². The summed E-state index contributed by atoms with van der Waals surface area (Å²) in [5, 5.41) is 3.18. The van der Waals surface area contributed by atoms with E-state index >= 15 is 0 Å². The zero-order valence-electron chi connectivity index (χ0n) is 13.4. The van der Waals surface area contributed by atoms with Crippen molar-refractivity contribution in [2.45, 2.75) is 27.2 Å². The highest BCUT2D eigenvalue weighted by molar-refractivity contribution is 5.95. The minimum atomic E-state index is 0.121. The molecule has 2 heterocycles. The number of amides is 1. The van der Waals surface area contributed by atoms with Gasteiger partial charge in [0.05, 0.1) is 0 Å². The van der Waals surface area contributed by atoms with E-state index in [1.807, 2.05) is 30.9 Å². The van der Waals surface area contributed by atoms with E-state index < -0.39 is 0 Å². The molecule has 1 aliphatic rings. The van der Waals surface area contributed by atoms with E-state index in [-0.39, 0.29) is 5.91 Å². The molecule has 0 aliphatic carbocycles. The Labute approximate surface area is 127 Å². The van der Waals surface area contributed by atoms with E-state index in [0.717, 1.165) is 56.3 Å². The summed E-state index contributed by atoms with van der Waals surface area (Å²) >= 11 is 0. The van der Waals surface area contributed by atoms with Gasteiger partial charge in [-0.2, -0.15) is 0 Å². The van der Waals surface area contributed by atoms with Gasteiger partial charge in [0.1, 0.15) is 5.82 Å². The van der Waals surface area contributed by atoms with Gasteiger partial charge in [0.25, 0.3) is 5.91 Å². The van der Waals surface area contributed by atoms with Crippen LogP contribution in [0.25, 0.3) is 0 Å². The zero-order chi connectivity index (χ0) is 15.2. The predicted molar refractivity (Wildman–Crippen MR) is 85.8 cm³/mol. The minimum absolute atomic E-state index is 0.121. The summed E-state index contributed by atoms with van der Waals surface area (Å²) in [6, 6.07) is 3.73. The predicted octanol–water partition coefficient (Wildman–Crippen LogP) is 1.99. The van der Waals surface area contributed by atoms with Gasteiger partial charge in [-0.25, -0.2) is 4.98 Å². The van der Waals surface area contributed by atoms with Crippen molar-refractivity contribution in [1.82, 2.24) is 14.8 Å². The summed E-state index contributed by atoms with van der Waals surface area (Å²) in [5.74, 6) is 0.904. The van der Waals surface area contributed by atoms with Crippen LogP contribution in [0.3, 0.4) is 0 Å². The average Bonchev–Trinajstić information content (AvgIpc) is 2.47. The Hall–Kier alpha value is -1.62. The molecule has 0 unspecified atom stereocenters. The molecule has 1 saturated heterocycles. The molecule has 0 aromatic carbocycles. The van der Waals surface area contributed by atoms with Gasteiger partial charge in [-0.05, 0) is 38.9 Å². The second-order valence-electron chi connectivity index (χ2n) is 5.55. The third kappa shape index (κ3) is 4.17. The fraction of sp³-hybridized carbons (Fsp3) is 0.625. The second-order valence-corrected chi connectivity index (χ2v) is 5.55. The van der Waals surface area contributed by atoms with E-state index in [9.17, 15) is 4.79 Å². The summed E-state index contributed by atoms with van der Waals surface area (Å²) in [5.41, 5.74) is 1.61. The van der Waals surface area contributed by atoms with Crippen molar-refractivity contribution in [1.29, 1.82) is 0 Å². The standard InChI is InChI=1S/C16H26N4O/c1-4-6-19-7-9-20(10-8-19)16(21)14-11-13(3)18-15(12-14)17-5-2/h11-12H,4-10H2,1-3H3,(H,17,18). The van der Waals surface area contributed by atoms with Crippen LogP contribution in [0.1, 0.15) is 36.3 Å². The first-order valence-corrected chi connectivity index (χ1v) is 7.88. The molecule has 21 heavy (non-hydrogen) atoms. The number of nitrogens with zero attached hydrogens (tertiary/aromatic N) is 3. The quantitative estimate of drug-likeness (QED) is 0.901. The van der Waals surface area contributed by atoms with Gasteiger partial charge in [-0.15, -0.1) is 0 Å². The van der Waals surface area contributed by atoms with Crippen molar-refractivity contribution in [2.75, 3.05) is 44.6 Å². The van der Waals surface area contributed by atoms with E-state index in [2.05, 4.69) is 22.1 Å². The number of rotatable bonds is 5. The number of carbonyl (C=O) groups excluding carboxylic acids is 1. The largest absolute Gasteiger partial charge is 0.370 e. The molecule has 0 radical (unpaired) electrons. The van der Waals surface area contributed by atoms with Crippen molar-refractivity contribution in [3.8, 4) is 0 Å². The van der Waals surface area contributed by atoms with E-state index in [1.54, 1.807) is 0 Å². The molecule has 1 aromatic rings. The Kier molecular flexibility index (Phi) is 5.56. The molecule has 1 N–H and O–H groups in total. The summed E-state index contributed by atoms with van der Waals surface area (Å²) in [6.07, 6.45) is 1.17. The maximum atomic E-state index is 12.6. The fourth-order valence-corrected chi connectivity index (χ4v) is 2.74. The average molecular weight is 290 g/mol. The zero-order valence-corrected chi connectivity index (χ0v) is 13.4. The van der Waals surface area contributed by atoms with Crippen molar-refractivity contribution in [2.24, 2.45) is 0 Å². The Morgan fingerprint density at radius 2 is 1.95 bits per heavy atom. The Morgan fingerprint density at radius 1 is 1.24 bits per heavy atom. The first-order valence-electron chi connectivity index (χ1n) is 7.88. The molecular formula is C16H26N4O. The highest BCUT2D eigenvalue weighted by atomic mass is 16.2. The first kappa shape index (κ1) is 15.8. The maximum Gasteiger partial charge on any atom is 0.254 e. The van der Waals surface area contributed by atoms with Gasteiger partial charge in [-0.1, -0.05) is 6.92 Å². The lowest BCUT2D eigenvalue weighted by atomic mass is 10.1. The molecule has 0 saturated carbocycles. The van der Waals surface area contributed by atoms with Gasteiger partial charge in [0.2, 0.25) is 0 Å². The molecule has 5 heteroatoms. The summed E-state index contributed by atoms with van der Waals surface area (Å²) in [6.45, 7) is 11.7. The van der Waals surface area contributed by atoms with E-state index in [4.69, 9.17) is 0 Å². The summed E-state index contributed by atoms with van der Waals surface area (Å²) in [4.78, 5) is 21.4. The van der Waals surface area contributed by atoms with Crippen molar-refractivity contribution in [3.63, 3.8) is 0 Å². The van der Waals surface area contributed by atoms with Crippen LogP contribution >= 0.6 is 0 Å². The first-order chi connectivity index (χ1) is 10.1. The van der Waals surface area contributed by atoms with Crippen LogP contribution in [-0.2, 0) is 0 Å². The number of piperazine rings is 1. The molecule has 0 spiro atoms. The third-order valence-corrected chi connectivity index (χ3v) is 3.76. The number of carbonyl (C=O) groups is 1. The Balaban J connectivity index is 2.03. The van der Waals surface area contributed by atoms with Crippen LogP contribution in [-0.4, -0.2) is 60.0 Å². The maximum absolute atomic E-state index is 12.6. The second kappa shape index (κ2) is 7.41.